The molecule has 17 heavy (non-hydrogen) atoms. The van der Waals surface area contributed by atoms with Crippen LogP contribution in [0.5, 0.6) is 0 Å². The summed E-state index contributed by atoms with van der Waals surface area (Å²) in [6.45, 7) is 3.93. The molecule has 1 N–H and O–H groups in total. The maximum atomic E-state index is 5.06. The standard InChI is InChI=1S/C13H25N3O/c1-14-12(15-8-10-17-2)16-9-7-13(11-16)5-3-4-6-13/h3-11H2,1-2H3,(H,14,15). The molecule has 4 heteroatoms. The van der Waals surface area contributed by atoms with E-state index in [0.29, 0.717) is 5.41 Å². The van der Waals surface area contributed by atoms with Gasteiger partial charge in [0.25, 0.3) is 0 Å². The van der Waals surface area contributed by atoms with Crippen molar-refractivity contribution in [3.05, 3.63) is 0 Å². The summed E-state index contributed by atoms with van der Waals surface area (Å²) in [5.41, 5.74) is 0.610. The molecule has 0 aromatic heterocycles. The van der Waals surface area contributed by atoms with Crippen molar-refractivity contribution in [2.75, 3.05) is 40.4 Å². The Bertz CT molecular complexity index is 272. The van der Waals surface area contributed by atoms with Crippen LogP contribution in [0.3, 0.4) is 0 Å². The molecule has 1 aliphatic carbocycles. The normalized spacial score (nSPS) is 23.6. The molecule has 0 atom stereocenters. The van der Waals surface area contributed by atoms with E-state index in [0.717, 1.165) is 25.7 Å². The lowest BCUT2D eigenvalue weighted by Gasteiger charge is -2.25. The van der Waals surface area contributed by atoms with Crippen molar-refractivity contribution in [3.63, 3.8) is 0 Å². The van der Waals surface area contributed by atoms with Crippen LogP contribution >= 0.6 is 0 Å². The van der Waals surface area contributed by atoms with Crippen molar-refractivity contribution in [1.29, 1.82) is 0 Å². The van der Waals surface area contributed by atoms with Gasteiger partial charge in [-0.25, -0.2) is 0 Å². The van der Waals surface area contributed by atoms with Crippen LogP contribution in [0.1, 0.15) is 32.1 Å². The van der Waals surface area contributed by atoms with E-state index in [-0.39, 0.29) is 0 Å². The summed E-state index contributed by atoms with van der Waals surface area (Å²) < 4.78 is 5.06. The fraction of sp³-hybridized carbons (Fsp3) is 0.923. The molecule has 0 unspecified atom stereocenters. The van der Waals surface area contributed by atoms with E-state index in [1.807, 2.05) is 7.05 Å². The van der Waals surface area contributed by atoms with Crippen molar-refractivity contribution in [2.24, 2.45) is 10.4 Å². The van der Waals surface area contributed by atoms with Gasteiger partial charge in [0.15, 0.2) is 5.96 Å². The molecule has 2 rings (SSSR count). The van der Waals surface area contributed by atoms with Crippen LogP contribution < -0.4 is 5.32 Å². The Balaban J connectivity index is 1.85. The minimum absolute atomic E-state index is 0.610. The highest BCUT2D eigenvalue weighted by Gasteiger charge is 2.40. The maximum absolute atomic E-state index is 5.06. The Morgan fingerprint density at radius 2 is 2.12 bits per heavy atom. The second-order valence-electron chi connectivity index (χ2n) is 5.35. The second kappa shape index (κ2) is 5.71. The van der Waals surface area contributed by atoms with Gasteiger partial charge in [0.2, 0.25) is 0 Å². The summed E-state index contributed by atoms with van der Waals surface area (Å²) in [6, 6.07) is 0. The number of nitrogens with zero attached hydrogens (tertiary/aromatic N) is 2. The average molecular weight is 239 g/mol. The molecule has 0 amide bonds. The number of hydrogen-bond acceptors (Lipinski definition) is 2. The number of likely N-dealkylation sites (tertiary alicyclic amines) is 1. The fourth-order valence-electron chi connectivity index (χ4n) is 3.25. The van der Waals surface area contributed by atoms with Crippen LogP contribution in [0.15, 0.2) is 4.99 Å². The number of ether oxygens (including phenoxy) is 1. The van der Waals surface area contributed by atoms with Gasteiger partial charge in [-0.3, -0.25) is 4.99 Å². The van der Waals surface area contributed by atoms with Crippen LogP contribution in [0, 0.1) is 5.41 Å². The van der Waals surface area contributed by atoms with E-state index < -0.39 is 0 Å². The summed E-state index contributed by atoms with van der Waals surface area (Å²) in [5.74, 6) is 1.05. The van der Waals surface area contributed by atoms with Gasteiger partial charge >= 0.3 is 0 Å². The number of hydrogen-bond donors (Lipinski definition) is 1. The zero-order valence-electron chi connectivity index (χ0n) is 11.2. The van der Waals surface area contributed by atoms with Gasteiger partial charge in [0.05, 0.1) is 6.61 Å². The second-order valence-corrected chi connectivity index (χ2v) is 5.35. The van der Waals surface area contributed by atoms with Gasteiger partial charge in [-0.2, -0.15) is 0 Å². The molecule has 0 bridgehead atoms. The summed E-state index contributed by atoms with van der Waals surface area (Å²) >= 11 is 0. The molecule has 1 saturated carbocycles. The Hall–Kier alpha value is -0.770. The third-order valence-corrected chi connectivity index (χ3v) is 4.20. The van der Waals surface area contributed by atoms with Crippen molar-refractivity contribution in [3.8, 4) is 0 Å². The fourth-order valence-corrected chi connectivity index (χ4v) is 3.25. The van der Waals surface area contributed by atoms with E-state index in [9.17, 15) is 0 Å². The van der Waals surface area contributed by atoms with Crippen LogP contribution in [0.25, 0.3) is 0 Å². The van der Waals surface area contributed by atoms with Crippen molar-refractivity contribution >= 4 is 5.96 Å². The molecule has 1 heterocycles. The molecule has 0 radical (unpaired) electrons. The first-order valence-electron chi connectivity index (χ1n) is 6.74. The topological polar surface area (TPSA) is 36.9 Å². The van der Waals surface area contributed by atoms with Gasteiger partial charge in [0.1, 0.15) is 0 Å². The molecule has 2 fully saturated rings. The third-order valence-electron chi connectivity index (χ3n) is 4.20. The molecule has 4 nitrogen and oxygen atoms in total. The molecular weight excluding hydrogens is 214 g/mol. The van der Waals surface area contributed by atoms with Gasteiger partial charge in [0, 0.05) is 33.8 Å². The smallest absolute Gasteiger partial charge is 0.193 e. The highest BCUT2D eigenvalue weighted by Crippen LogP contribution is 2.45. The van der Waals surface area contributed by atoms with Crippen LogP contribution in [0.2, 0.25) is 0 Å². The predicted octanol–water partition coefficient (Wildman–Crippen LogP) is 1.47. The number of nitrogens with one attached hydrogen (secondary N) is 1. The quantitative estimate of drug-likeness (QED) is 0.460. The highest BCUT2D eigenvalue weighted by molar-refractivity contribution is 5.80. The number of methoxy groups -OCH3 is 1. The average Bonchev–Trinajstić information content (AvgIpc) is 2.96. The molecule has 1 spiro atoms. The first-order valence-corrected chi connectivity index (χ1v) is 6.74. The van der Waals surface area contributed by atoms with Crippen molar-refractivity contribution in [1.82, 2.24) is 10.2 Å². The summed E-state index contributed by atoms with van der Waals surface area (Å²) in [6.07, 6.45) is 7.02. The molecule has 98 valence electrons. The van der Waals surface area contributed by atoms with Gasteiger partial charge < -0.3 is 15.0 Å². The van der Waals surface area contributed by atoms with E-state index in [2.05, 4.69) is 15.2 Å². The Morgan fingerprint density at radius 1 is 1.35 bits per heavy atom. The molecular formula is C13H25N3O. The Kier molecular flexibility index (Phi) is 4.26. The lowest BCUT2D eigenvalue weighted by Crippen LogP contribution is -2.42. The minimum Gasteiger partial charge on any atom is -0.383 e. The Labute approximate surface area is 104 Å². The first-order chi connectivity index (χ1) is 8.29. The molecule has 0 aromatic rings. The lowest BCUT2D eigenvalue weighted by molar-refractivity contribution is 0.202. The highest BCUT2D eigenvalue weighted by atomic mass is 16.5. The van der Waals surface area contributed by atoms with Gasteiger partial charge in [-0.1, -0.05) is 12.8 Å². The van der Waals surface area contributed by atoms with E-state index in [4.69, 9.17) is 4.74 Å². The number of rotatable bonds is 3. The maximum Gasteiger partial charge on any atom is 0.193 e. The lowest BCUT2D eigenvalue weighted by atomic mass is 9.86. The van der Waals surface area contributed by atoms with Crippen LogP contribution in [-0.4, -0.2) is 51.3 Å². The molecule has 1 aliphatic heterocycles. The Morgan fingerprint density at radius 3 is 2.76 bits per heavy atom. The van der Waals surface area contributed by atoms with E-state index >= 15 is 0 Å². The van der Waals surface area contributed by atoms with E-state index in [1.165, 1.54) is 38.6 Å². The summed E-state index contributed by atoms with van der Waals surface area (Å²) in [5, 5.41) is 3.37. The van der Waals surface area contributed by atoms with Crippen molar-refractivity contribution in [2.45, 2.75) is 32.1 Å². The summed E-state index contributed by atoms with van der Waals surface area (Å²) in [4.78, 5) is 6.79. The molecule has 0 aromatic carbocycles. The van der Waals surface area contributed by atoms with Gasteiger partial charge in [-0.05, 0) is 24.7 Å². The zero-order valence-corrected chi connectivity index (χ0v) is 11.2. The summed E-state index contributed by atoms with van der Waals surface area (Å²) in [7, 11) is 3.60. The predicted molar refractivity (Wildman–Crippen MR) is 70.3 cm³/mol. The number of guanidine groups is 1. The van der Waals surface area contributed by atoms with Crippen LogP contribution in [-0.2, 0) is 4.74 Å². The zero-order chi connectivity index (χ0) is 12.1. The monoisotopic (exact) mass is 239 g/mol. The van der Waals surface area contributed by atoms with E-state index in [1.54, 1.807) is 7.11 Å². The molecule has 2 aliphatic rings. The minimum atomic E-state index is 0.610. The number of aliphatic imine (C=N–C) groups is 1. The SMILES string of the molecule is CN=C(NCCOC)N1CCC2(CCCC2)C1. The third kappa shape index (κ3) is 2.92. The van der Waals surface area contributed by atoms with Gasteiger partial charge in [-0.15, -0.1) is 0 Å². The first kappa shape index (κ1) is 12.7. The van der Waals surface area contributed by atoms with Crippen molar-refractivity contribution < 1.29 is 4.74 Å². The largest absolute Gasteiger partial charge is 0.383 e. The molecule has 1 saturated heterocycles. The van der Waals surface area contributed by atoms with Crippen LogP contribution in [0.4, 0.5) is 0 Å².